The second kappa shape index (κ2) is 9.98. The number of benzene rings is 2. The van der Waals surface area contributed by atoms with Crippen LogP contribution in [0.5, 0.6) is 5.75 Å². The second-order valence-corrected chi connectivity index (χ2v) is 8.73. The van der Waals surface area contributed by atoms with Crippen LogP contribution in [0.2, 0.25) is 0 Å². The van der Waals surface area contributed by atoms with Gasteiger partial charge in [-0.1, -0.05) is 56.5 Å². The number of thioether (sulfide) groups is 1. The molecule has 0 N–H and O–H groups in total. The van der Waals surface area contributed by atoms with Gasteiger partial charge in [-0.25, -0.2) is 4.99 Å². The lowest BCUT2D eigenvalue weighted by molar-refractivity contribution is -0.124. The molecule has 1 amide bonds. The summed E-state index contributed by atoms with van der Waals surface area (Å²) in [5.74, 6) is 0.937. The largest absolute Gasteiger partial charge is 0.494 e. The number of amides is 1. The van der Waals surface area contributed by atoms with Crippen molar-refractivity contribution in [2.24, 2.45) is 4.99 Å². The molecule has 0 spiro atoms. The molecule has 0 radical (unpaired) electrons. The molecule has 4 rings (SSSR count). The van der Waals surface area contributed by atoms with Gasteiger partial charge < -0.3 is 4.74 Å². The van der Waals surface area contributed by atoms with Crippen molar-refractivity contribution in [2.45, 2.75) is 51.5 Å². The first-order chi connectivity index (χ1) is 14.7. The molecule has 0 aromatic heterocycles. The Hall–Kier alpha value is -2.53. The highest BCUT2D eigenvalue weighted by molar-refractivity contribution is 8.18. The van der Waals surface area contributed by atoms with Gasteiger partial charge in [0.05, 0.1) is 17.2 Å². The topological polar surface area (TPSA) is 41.9 Å². The van der Waals surface area contributed by atoms with E-state index in [0.717, 1.165) is 46.3 Å². The van der Waals surface area contributed by atoms with E-state index in [2.05, 4.69) is 6.92 Å². The van der Waals surface area contributed by atoms with Gasteiger partial charge in [0.1, 0.15) is 5.75 Å². The van der Waals surface area contributed by atoms with Crippen LogP contribution in [0, 0.1) is 0 Å². The Morgan fingerprint density at radius 2 is 1.80 bits per heavy atom. The summed E-state index contributed by atoms with van der Waals surface area (Å²) in [4.78, 5) is 20.9. The van der Waals surface area contributed by atoms with Gasteiger partial charge in [-0.05, 0) is 66.9 Å². The van der Waals surface area contributed by atoms with Crippen molar-refractivity contribution in [3.8, 4) is 5.75 Å². The lowest BCUT2D eigenvalue weighted by Crippen LogP contribution is -2.40. The SMILES string of the molecule is CCCOc1ccc(/C=C2\SC(=Nc3ccccc3)N(C3CCCCC3)C2=O)cc1. The van der Waals surface area contributed by atoms with Crippen LogP contribution in [0.25, 0.3) is 6.08 Å². The number of ether oxygens (including phenoxy) is 1. The lowest BCUT2D eigenvalue weighted by atomic mass is 9.94. The number of carbonyl (C=O) groups is 1. The minimum absolute atomic E-state index is 0.0768. The van der Waals surface area contributed by atoms with Crippen molar-refractivity contribution in [1.29, 1.82) is 0 Å². The summed E-state index contributed by atoms with van der Waals surface area (Å²) in [6, 6.07) is 18.1. The average Bonchev–Trinajstić information content (AvgIpc) is 3.09. The van der Waals surface area contributed by atoms with E-state index in [4.69, 9.17) is 9.73 Å². The Balaban J connectivity index is 1.60. The van der Waals surface area contributed by atoms with Crippen LogP contribution in [0.15, 0.2) is 64.5 Å². The molecule has 1 saturated heterocycles. The van der Waals surface area contributed by atoms with Gasteiger partial charge in [-0.15, -0.1) is 0 Å². The van der Waals surface area contributed by atoms with E-state index in [-0.39, 0.29) is 11.9 Å². The maximum absolute atomic E-state index is 13.3. The van der Waals surface area contributed by atoms with Crippen LogP contribution in [0.4, 0.5) is 5.69 Å². The quantitative estimate of drug-likeness (QED) is 0.507. The van der Waals surface area contributed by atoms with E-state index in [0.29, 0.717) is 6.61 Å². The average molecular weight is 421 g/mol. The van der Waals surface area contributed by atoms with Crippen LogP contribution >= 0.6 is 11.8 Å². The standard InChI is InChI=1S/C25H28N2O2S/c1-2-17-29-22-15-13-19(14-16-22)18-23-24(28)27(21-11-7-4-8-12-21)25(30-23)26-20-9-5-3-6-10-20/h3,5-6,9-10,13-16,18,21H,2,4,7-8,11-12,17H2,1H3/b23-18-,26-25?. The maximum atomic E-state index is 13.3. The van der Waals surface area contributed by atoms with Crippen molar-refractivity contribution in [3.05, 3.63) is 65.1 Å². The molecule has 156 valence electrons. The molecule has 1 heterocycles. The molecule has 0 bridgehead atoms. The molecule has 2 aliphatic rings. The predicted octanol–water partition coefficient (Wildman–Crippen LogP) is 6.41. The summed E-state index contributed by atoms with van der Waals surface area (Å²) in [6.07, 6.45) is 8.67. The number of para-hydroxylation sites is 1. The summed E-state index contributed by atoms with van der Waals surface area (Å²) in [6.45, 7) is 2.80. The molecular formula is C25H28N2O2S. The van der Waals surface area contributed by atoms with Crippen LogP contribution in [0.3, 0.4) is 0 Å². The second-order valence-electron chi connectivity index (χ2n) is 7.73. The summed E-state index contributed by atoms with van der Waals surface area (Å²) in [5.41, 5.74) is 1.88. The highest BCUT2D eigenvalue weighted by Crippen LogP contribution is 2.38. The lowest BCUT2D eigenvalue weighted by Gasteiger charge is -2.30. The van der Waals surface area contributed by atoms with E-state index >= 15 is 0 Å². The van der Waals surface area contributed by atoms with E-state index in [1.807, 2.05) is 65.6 Å². The maximum Gasteiger partial charge on any atom is 0.267 e. The predicted molar refractivity (Wildman–Crippen MR) is 125 cm³/mol. The Kier molecular flexibility index (Phi) is 6.90. The Labute approximate surface area is 183 Å². The molecule has 2 aromatic carbocycles. The monoisotopic (exact) mass is 420 g/mol. The first kappa shape index (κ1) is 20.7. The van der Waals surface area contributed by atoms with Crippen LogP contribution < -0.4 is 4.74 Å². The molecule has 0 atom stereocenters. The van der Waals surface area contributed by atoms with E-state index < -0.39 is 0 Å². The van der Waals surface area contributed by atoms with Crippen molar-refractivity contribution in [3.63, 3.8) is 0 Å². The summed E-state index contributed by atoms with van der Waals surface area (Å²) >= 11 is 1.48. The van der Waals surface area contributed by atoms with Gasteiger partial charge in [-0.2, -0.15) is 0 Å². The van der Waals surface area contributed by atoms with E-state index in [1.165, 1.54) is 31.0 Å². The van der Waals surface area contributed by atoms with Gasteiger partial charge in [-0.3, -0.25) is 9.69 Å². The third-order valence-corrected chi connectivity index (χ3v) is 6.39. The zero-order valence-electron chi connectivity index (χ0n) is 17.4. The fourth-order valence-corrected chi connectivity index (χ4v) is 4.93. The van der Waals surface area contributed by atoms with Crippen LogP contribution in [-0.2, 0) is 4.79 Å². The number of amidine groups is 1. The number of carbonyl (C=O) groups excluding carboxylic acids is 1. The first-order valence-corrected chi connectivity index (χ1v) is 11.7. The van der Waals surface area contributed by atoms with Crippen molar-refractivity contribution >= 4 is 34.6 Å². The summed E-state index contributed by atoms with van der Waals surface area (Å²) in [5, 5.41) is 0.798. The minimum Gasteiger partial charge on any atom is -0.494 e. The zero-order chi connectivity index (χ0) is 20.8. The third-order valence-electron chi connectivity index (χ3n) is 5.41. The molecule has 1 aliphatic heterocycles. The van der Waals surface area contributed by atoms with Crippen molar-refractivity contribution < 1.29 is 9.53 Å². The number of rotatable bonds is 6. The fourth-order valence-electron chi connectivity index (χ4n) is 3.87. The fraction of sp³-hybridized carbons (Fsp3) is 0.360. The molecule has 1 aliphatic carbocycles. The molecule has 2 fully saturated rings. The molecule has 1 saturated carbocycles. The van der Waals surface area contributed by atoms with Gasteiger partial charge in [0, 0.05) is 6.04 Å². The summed E-state index contributed by atoms with van der Waals surface area (Å²) < 4.78 is 5.66. The van der Waals surface area contributed by atoms with Crippen molar-refractivity contribution in [2.75, 3.05) is 6.61 Å². The van der Waals surface area contributed by atoms with Crippen LogP contribution in [0.1, 0.15) is 51.0 Å². The number of aliphatic imine (C=N–C) groups is 1. The van der Waals surface area contributed by atoms with Gasteiger partial charge in [0.25, 0.3) is 5.91 Å². The van der Waals surface area contributed by atoms with E-state index in [9.17, 15) is 4.79 Å². The number of hydrogen-bond donors (Lipinski definition) is 0. The van der Waals surface area contributed by atoms with Crippen LogP contribution in [-0.4, -0.2) is 28.6 Å². The normalized spacial score (nSPS) is 20.3. The third kappa shape index (κ3) is 4.96. The van der Waals surface area contributed by atoms with Gasteiger partial charge in [0.15, 0.2) is 5.17 Å². The molecule has 2 aromatic rings. The van der Waals surface area contributed by atoms with Crippen molar-refractivity contribution in [1.82, 2.24) is 4.90 Å². The Morgan fingerprint density at radius 1 is 1.07 bits per heavy atom. The molecule has 30 heavy (non-hydrogen) atoms. The number of nitrogens with zero attached hydrogens (tertiary/aromatic N) is 2. The highest BCUT2D eigenvalue weighted by atomic mass is 32.2. The van der Waals surface area contributed by atoms with Gasteiger partial charge in [0.2, 0.25) is 0 Å². The smallest absolute Gasteiger partial charge is 0.267 e. The van der Waals surface area contributed by atoms with E-state index in [1.54, 1.807) is 0 Å². The molecule has 5 heteroatoms. The molecular weight excluding hydrogens is 392 g/mol. The van der Waals surface area contributed by atoms with Gasteiger partial charge >= 0.3 is 0 Å². The minimum atomic E-state index is 0.0768. The Bertz CT molecular complexity index is 916. The zero-order valence-corrected chi connectivity index (χ0v) is 18.2. The Morgan fingerprint density at radius 3 is 2.50 bits per heavy atom. The molecule has 4 nitrogen and oxygen atoms in total. The summed E-state index contributed by atoms with van der Waals surface area (Å²) in [7, 11) is 0. The molecule has 0 unspecified atom stereocenters. The first-order valence-electron chi connectivity index (χ1n) is 10.8. The number of hydrogen-bond acceptors (Lipinski definition) is 4. The highest BCUT2D eigenvalue weighted by Gasteiger charge is 2.38.